The van der Waals surface area contributed by atoms with E-state index in [0.717, 1.165) is 6.42 Å². The van der Waals surface area contributed by atoms with Gasteiger partial charge in [0, 0.05) is 6.04 Å². The van der Waals surface area contributed by atoms with Gasteiger partial charge in [-0.15, -0.1) is 0 Å². The lowest BCUT2D eigenvalue weighted by molar-refractivity contribution is 0.546. The molecule has 0 saturated heterocycles. The average molecular weight is 237 g/mol. The maximum atomic E-state index is 3.42. The molecule has 0 radical (unpaired) electrons. The molecule has 90 valence electrons. The molecule has 0 spiro atoms. The van der Waals surface area contributed by atoms with Crippen molar-refractivity contribution in [3.63, 3.8) is 0 Å². The largest absolute Gasteiger partial charge is 0.317 e. The molecule has 2 heteroatoms. The maximum absolute atomic E-state index is 3.42. The zero-order chi connectivity index (χ0) is 12.0. The second kappa shape index (κ2) is 6.97. The second-order valence-corrected chi connectivity index (χ2v) is 5.39. The SMILES string of the molecule is CNC(CCSC)Cc1cc(C)ccc1C. The highest BCUT2D eigenvalue weighted by atomic mass is 32.2. The van der Waals surface area contributed by atoms with E-state index in [1.165, 1.54) is 28.9 Å². The lowest BCUT2D eigenvalue weighted by Gasteiger charge is -2.17. The lowest BCUT2D eigenvalue weighted by atomic mass is 9.98. The van der Waals surface area contributed by atoms with Gasteiger partial charge in [0.25, 0.3) is 0 Å². The first kappa shape index (κ1) is 13.6. The topological polar surface area (TPSA) is 12.0 Å². The fraction of sp³-hybridized carbons (Fsp3) is 0.571. The average Bonchev–Trinajstić information content (AvgIpc) is 2.28. The standard InChI is InChI=1S/C14H23NS/c1-11-5-6-12(2)13(9-11)10-14(15-3)7-8-16-4/h5-6,9,14-15H,7-8,10H2,1-4H3. The number of likely N-dealkylation sites (N-methyl/N-ethyl adjacent to an activating group) is 1. The van der Waals surface area contributed by atoms with Crippen molar-refractivity contribution in [3.8, 4) is 0 Å². The number of rotatable bonds is 6. The third-order valence-corrected chi connectivity index (χ3v) is 3.69. The molecule has 1 aromatic rings. The molecule has 1 nitrogen and oxygen atoms in total. The van der Waals surface area contributed by atoms with Crippen molar-refractivity contribution >= 4 is 11.8 Å². The first-order chi connectivity index (χ1) is 7.67. The van der Waals surface area contributed by atoms with Crippen LogP contribution in [0.4, 0.5) is 0 Å². The van der Waals surface area contributed by atoms with Gasteiger partial charge in [0.2, 0.25) is 0 Å². The third kappa shape index (κ3) is 4.18. The minimum Gasteiger partial charge on any atom is -0.317 e. The quantitative estimate of drug-likeness (QED) is 0.815. The minimum atomic E-state index is 0.605. The summed E-state index contributed by atoms with van der Waals surface area (Å²) in [4.78, 5) is 0. The zero-order valence-corrected chi connectivity index (χ0v) is 11.7. The molecule has 0 aliphatic heterocycles. The van der Waals surface area contributed by atoms with E-state index in [0.29, 0.717) is 6.04 Å². The fourth-order valence-electron chi connectivity index (χ4n) is 1.89. The summed E-state index contributed by atoms with van der Waals surface area (Å²) in [5, 5.41) is 3.42. The number of hydrogen-bond acceptors (Lipinski definition) is 2. The third-order valence-electron chi connectivity index (χ3n) is 3.05. The van der Waals surface area contributed by atoms with Crippen LogP contribution in [0.25, 0.3) is 0 Å². The molecule has 1 rings (SSSR count). The molecule has 0 bridgehead atoms. The van der Waals surface area contributed by atoms with E-state index in [-0.39, 0.29) is 0 Å². The van der Waals surface area contributed by atoms with Crippen molar-refractivity contribution in [2.45, 2.75) is 32.7 Å². The molecule has 1 N–H and O–H groups in total. The summed E-state index contributed by atoms with van der Waals surface area (Å²) in [5.41, 5.74) is 4.26. The van der Waals surface area contributed by atoms with Crippen LogP contribution in [0.5, 0.6) is 0 Å². The summed E-state index contributed by atoms with van der Waals surface area (Å²) in [6, 6.07) is 7.34. The van der Waals surface area contributed by atoms with E-state index in [1.54, 1.807) is 0 Å². The molecular formula is C14H23NS. The van der Waals surface area contributed by atoms with Crippen molar-refractivity contribution in [3.05, 3.63) is 34.9 Å². The molecule has 1 unspecified atom stereocenters. The van der Waals surface area contributed by atoms with Gasteiger partial charge in [-0.05, 0) is 56.9 Å². The first-order valence-electron chi connectivity index (χ1n) is 5.89. The molecule has 0 aliphatic carbocycles. The summed E-state index contributed by atoms with van der Waals surface area (Å²) < 4.78 is 0. The minimum absolute atomic E-state index is 0.605. The van der Waals surface area contributed by atoms with Crippen LogP contribution in [0.2, 0.25) is 0 Å². The number of hydrogen-bond donors (Lipinski definition) is 1. The van der Waals surface area contributed by atoms with Crippen LogP contribution >= 0.6 is 11.8 Å². The van der Waals surface area contributed by atoms with Crippen LogP contribution in [-0.2, 0) is 6.42 Å². The highest BCUT2D eigenvalue weighted by molar-refractivity contribution is 7.98. The zero-order valence-electron chi connectivity index (χ0n) is 10.8. The van der Waals surface area contributed by atoms with Gasteiger partial charge < -0.3 is 5.32 Å². The molecule has 1 aromatic carbocycles. The van der Waals surface area contributed by atoms with Crippen LogP contribution in [0.3, 0.4) is 0 Å². The normalized spacial score (nSPS) is 12.8. The molecule has 0 saturated carbocycles. The smallest absolute Gasteiger partial charge is 0.0112 e. The lowest BCUT2D eigenvalue weighted by Crippen LogP contribution is -2.28. The van der Waals surface area contributed by atoms with Crippen molar-refractivity contribution < 1.29 is 0 Å². The Bertz CT molecular complexity index is 323. The van der Waals surface area contributed by atoms with Crippen LogP contribution in [0, 0.1) is 13.8 Å². The Hall–Kier alpha value is -0.470. The number of nitrogens with one attached hydrogen (secondary N) is 1. The van der Waals surface area contributed by atoms with Gasteiger partial charge in [0.1, 0.15) is 0 Å². The molecule has 1 atom stereocenters. The van der Waals surface area contributed by atoms with Gasteiger partial charge in [0.15, 0.2) is 0 Å². The summed E-state index contributed by atoms with van der Waals surface area (Å²) in [7, 11) is 2.07. The number of benzene rings is 1. The van der Waals surface area contributed by atoms with Gasteiger partial charge in [-0.3, -0.25) is 0 Å². The highest BCUT2D eigenvalue weighted by Crippen LogP contribution is 2.14. The van der Waals surface area contributed by atoms with E-state index in [4.69, 9.17) is 0 Å². The predicted molar refractivity (Wildman–Crippen MR) is 75.5 cm³/mol. The molecule has 0 aliphatic rings. The highest BCUT2D eigenvalue weighted by Gasteiger charge is 2.08. The van der Waals surface area contributed by atoms with Crippen molar-refractivity contribution in [1.29, 1.82) is 0 Å². The Balaban J connectivity index is 2.65. The number of thioether (sulfide) groups is 1. The van der Waals surface area contributed by atoms with E-state index in [2.05, 4.69) is 50.7 Å². The van der Waals surface area contributed by atoms with Crippen LogP contribution in [0.15, 0.2) is 18.2 Å². The first-order valence-corrected chi connectivity index (χ1v) is 7.29. The van der Waals surface area contributed by atoms with Crippen LogP contribution in [-0.4, -0.2) is 25.1 Å². The Morgan fingerprint density at radius 1 is 1.31 bits per heavy atom. The molecular weight excluding hydrogens is 214 g/mol. The Morgan fingerprint density at radius 3 is 2.69 bits per heavy atom. The number of aryl methyl sites for hydroxylation is 2. The molecule has 0 aromatic heterocycles. The molecule has 0 fully saturated rings. The van der Waals surface area contributed by atoms with Gasteiger partial charge in [-0.25, -0.2) is 0 Å². The van der Waals surface area contributed by atoms with Crippen LogP contribution in [0.1, 0.15) is 23.1 Å². The van der Waals surface area contributed by atoms with E-state index in [1.807, 2.05) is 11.8 Å². The van der Waals surface area contributed by atoms with Gasteiger partial charge in [0.05, 0.1) is 0 Å². The Morgan fingerprint density at radius 2 is 2.06 bits per heavy atom. The van der Waals surface area contributed by atoms with Gasteiger partial charge in [-0.1, -0.05) is 23.8 Å². The van der Waals surface area contributed by atoms with Crippen molar-refractivity contribution in [2.75, 3.05) is 19.1 Å². The van der Waals surface area contributed by atoms with E-state index in [9.17, 15) is 0 Å². The maximum Gasteiger partial charge on any atom is 0.0112 e. The molecule has 16 heavy (non-hydrogen) atoms. The summed E-state index contributed by atoms with van der Waals surface area (Å²) in [6.07, 6.45) is 4.56. The van der Waals surface area contributed by atoms with Crippen molar-refractivity contribution in [2.24, 2.45) is 0 Å². The van der Waals surface area contributed by atoms with Gasteiger partial charge in [-0.2, -0.15) is 11.8 Å². The molecule has 0 amide bonds. The summed E-state index contributed by atoms with van der Waals surface area (Å²) >= 11 is 1.92. The van der Waals surface area contributed by atoms with Crippen molar-refractivity contribution in [1.82, 2.24) is 5.32 Å². The van der Waals surface area contributed by atoms with Gasteiger partial charge >= 0.3 is 0 Å². The Labute approximate surface area is 104 Å². The second-order valence-electron chi connectivity index (χ2n) is 4.40. The summed E-state index contributed by atoms with van der Waals surface area (Å²) in [6.45, 7) is 4.37. The summed E-state index contributed by atoms with van der Waals surface area (Å²) in [5.74, 6) is 1.23. The monoisotopic (exact) mass is 237 g/mol. The van der Waals surface area contributed by atoms with Crippen LogP contribution < -0.4 is 5.32 Å². The van der Waals surface area contributed by atoms with E-state index < -0.39 is 0 Å². The predicted octanol–water partition coefficient (Wildman–Crippen LogP) is 3.19. The molecule has 0 heterocycles. The van der Waals surface area contributed by atoms with E-state index >= 15 is 0 Å². The fourth-order valence-corrected chi connectivity index (χ4v) is 2.41. The Kier molecular flexibility index (Phi) is 5.93.